The second kappa shape index (κ2) is 2.46. The van der Waals surface area contributed by atoms with Crippen molar-refractivity contribution in [3.63, 3.8) is 0 Å². The Labute approximate surface area is 50.4 Å². The van der Waals surface area contributed by atoms with Crippen LogP contribution in [0.4, 0.5) is 0 Å². The molecule has 0 spiro atoms. The van der Waals surface area contributed by atoms with Crippen molar-refractivity contribution in [2.75, 3.05) is 7.05 Å². The van der Waals surface area contributed by atoms with E-state index in [2.05, 4.69) is 6.92 Å². The molecule has 1 aliphatic heterocycles. The van der Waals surface area contributed by atoms with Crippen LogP contribution in [-0.4, -0.2) is 18.3 Å². The molecule has 1 rings (SSSR count). The normalized spacial score (nSPS) is 35.2. The fraction of sp³-hybridized carbons (Fsp3) is 1.00. The van der Waals surface area contributed by atoms with E-state index in [4.69, 9.17) is 4.84 Å². The molecule has 0 radical (unpaired) electrons. The first-order chi connectivity index (χ1) is 3.84. The minimum Gasteiger partial charge on any atom is -0.275 e. The molecule has 1 saturated heterocycles. The van der Waals surface area contributed by atoms with Crippen LogP contribution in [0.5, 0.6) is 0 Å². The molecular formula is C6H13NO. The van der Waals surface area contributed by atoms with Crippen LogP contribution in [0, 0.1) is 0 Å². The lowest BCUT2D eigenvalue weighted by Crippen LogP contribution is -1.92. The molecule has 2 unspecified atom stereocenters. The zero-order valence-corrected chi connectivity index (χ0v) is 5.55. The Morgan fingerprint density at radius 2 is 2.25 bits per heavy atom. The molecule has 1 heterocycles. The molecule has 0 aromatic heterocycles. The molecular weight excluding hydrogens is 102 g/mol. The first-order valence-corrected chi connectivity index (χ1v) is 3.24. The third-order valence-electron chi connectivity index (χ3n) is 1.45. The fourth-order valence-corrected chi connectivity index (χ4v) is 0.778. The Balaban J connectivity index is 1.89. The van der Waals surface area contributed by atoms with E-state index < -0.39 is 0 Å². The van der Waals surface area contributed by atoms with Gasteiger partial charge in [0.2, 0.25) is 0 Å². The largest absolute Gasteiger partial charge is 0.275 e. The molecule has 2 heteroatoms. The Morgan fingerprint density at radius 3 is 2.62 bits per heavy atom. The van der Waals surface area contributed by atoms with Gasteiger partial charge in [-0.3, -0.25) is 4.84 Å². The van der Waals surface area contributed by atoms with Crippen LogP contribution in [-0.2, 0) is 4.84 Å². The van der Waals surface area contributed by atoms with Gasteiger partial charge in [-0.05, 0) is 12.8 Å². The van der Waals surface area contributed by atoms with Crippen LogP contribution in [0.15, 0.2) is 0 Å². The third kappa shape index (κ3) is 1.46. The van der Waals surface area contributed by atoms with Crippen LogP contribution < -0.4 is 0 Å². The maximum absolute atomic E-state index is 5.05. The van der Waals surface area contributed by atoms with Gasteiger partial charge < -0.3 is 0 Å². The Kier molecular flexibility index (Phi) is 1.86. The molecule has 0 bridgehead atoms. The van der Waals surface area contributed by atoms with Crippen LogP contribution >= 0.6 is 0 Å². The second-order valence-electron chi connectivity index (χ2n) is 2.25. The lowest BCUT2D eigenvalue weighted by molar-refractivity contribution is 0.232. The molecule has 1 fully saturated rings. The van der Waals surface area contributed by atoms with Crippen molar-refractivity contribution in [3.05, 3.63) is 0 Å². The number of rotatable bonds is 3. The maximum Gasteiger partial charge on any atom is 0.154 e. The monoisotopic (exact) mass is 115 g/mol. The minimum atomic E-state index is 0.454. The lowest BCUT2D eigenvalue weighted by atomic mass is 10.2. The van der Waals surface area contributed by atoms with Crippen molar-refractivity contribution in [2.24, 2.45) is 0 Å². The van der Waals surface area contributed by atoms with Gasteiger partial charge in [-0.1, -0.05) is 13.3 Å². The SMILES string of the molecule is CCCCC1ON1C. The van der Waals surface area contributed by atoms with E-state index in [-0.39, 0.29) is 0 Å². The summed E-state index contributed by atoms with van der Waals surface area (Å²) in [6.07, 6.45) is 4.21. The van der Waals surface area contributed by atoms with E-state index >= 15 is 0 Å². The van der Waals surface area contributed by atoms with Gasteiger partial charge in [-0.2, -0.15) is 5.06 Å². The first-order valence-electron chi connectivity index (χ1n) is 3.24. The van der Waals surface area contributed by atoms with Crippen molar-refractivity contribution in [1.82, 2.24) is 5.06 Å². The molecule has 2 nitrogen and oxygen atoms in total. The average molecular weight is 115 g/mol. The van der Waals surface area contributed by atoms with Crippen molar-refractivity contribution < 1.29 is 4.84 Å². The van der Waals surface area contributed by atoms with Gasteiger partial charge in [0.1, 0.15) is 0 Å². The predicted octanol–water partition coefficient (Wildman–Crippen LogP) is 1.38. The average Bonchev–Trinajstić information content (AvgIpc) is 2.42. The molecule has 0 aromatic rings. The summed E-state index contributed by atoms with van der Waals surface area (Å²) in [5.74, 6) is 0. The number of unbranched alkanes of at least 4 members (excludes halogenated alkanes) is 1. The lowest BCUT2D eigenvalue weighted by Gasteiger charge is -1.87. The van der Waals surface area contributed by atoms with Gasteiger partial charge in [0.15, 0.2) is 6.23 Å². The van der Waals surface area contributed by atoms with Gasteiger partial charge in [-0.15, -0.1) is 0 Å². The van der Waals surface area contributed by atoms with Gasteiger partial charge in [0.25, 0.3) is 0 Å². The van der Waals surface area contributed by atoms with E-state index in [1.165, 1.54) is 19.3 Å². The van der Waals surface area contributed by atoms with E-state index in [0.717, 1.165) is 0 Å². The smallest absolute Gasteiger partial charge is 0.154 e. The topological polar surface area (TPSA) is 15.5 Å². The van der Waals surface area contributed by atoms with Crippen LogP contribution in [0.1, 0.15) is 26.2 Å². The molecule has 8 heavy (non-hydrogen) atoms. The summed E-state index contributed by atoms with van der Waals surface area (Å²) in [6, 6.07) is 0. The third-order valence-corrected chi connectivity index (χ3v) is 1.45. The number of hydrogen-bond acceptors (Lipinski definition) is 2. The molecule has 0 aliphatic carbocycles. The highest BCUT2D eigenvalue weighted by atomic mass is 16.8. The molecule has 0 saturated carbocycles. The number of hydrogen-bond donors (Lipinski definition) is 0. The second-order valence-corrected chi connectivity index (χ2v) is 2.25. The Morgan fingerprint density at radius 1 is 1.62 bits per heavy atom. The van der Waals surface area contributed by atoms with Gasteiger partial charge >= 0.3 is 0 Å². The summed E-state index contributed by atoms with van der Waals surface area (Å²) >= 11 is 0. The summed E-state index contributed by atoms with van der Waals surface area (Å²) in [7, 11) is 1.97. The highest BCUT2D eigenvalue weighted by molar-refractivity contribution is 4.59. The van der Waals surface area contributed by atoms with E-state index in [0.29, 0.717) is 6.23 Å². The molecule has 0 N–H and O–H groups in total. The van der Waals surface area contributed by atoms with E-state index in [1.807, 2.05) is 12.1 Å². The summed E-state index contributed by atoms with van der Waals surface area (Å²) < 4.78 is 0. The van der Waals surface area contributed by atoms with Crippen molar-refractivity contribution in [2.45, 2.75) is 32.4 Å². The molecule has 0 aromatic carbocycles. The summed E-state index contributed by atoms with van der Waals surface area (Å²) in [6.45, 7) is 2.20. The number of nitrogens with zero attached hydrogens (tertiary/aromatic N) is 1. The minimum absolute atomic E-state index is 0.454. The van der Waals surface area contributed by atoms with E-state index in [1.54, 1.807) is 0 Å². The molecule has 0 amide bonds. The van der Waals surface area contributed by atoms with Crippen LogP contribution in [0.25, 0.3) is 0 Å². The van der Waals surface area contributed by atoms with E-state index in [9.17, 15) is 0 Å². The zero-order chi connectivity index (χ0) is 5.98. The Hall–Kier alpha value is -0.0800. The van der Waals surface area contributed by atoms with Crippen molar-refractivity contribution >= 4 is 0 Å². The molecule has 2 atom stereocenters. The summed E-state index contributed by atoms with van der Waals surface area (Å²) in [4.78, 5) is 5.05. The molecule has 48 valence electrons. The highest BCUT2D eigenvalue weighted by Gasteiger charge is 2.30. The number of hydroxylamine groups is 2. The predicted molar refractivity (Wildman–Crippen MR) is 32.2 cm³/mol. The van der Waals surface area contributed by atoms with Crippen molar-refractivity contribution in [1.29, 1.82) is 0 Å². The highest BCUT2D eigenvalue weighted by Crippen LogP contribution is 2.21. The molecule has 1 aliphatic rings. The van der Waals surface area contributed by atoms with Crippen molar-refractivity contribution in [3.8, 4) is 0 Å². The van der Waals surface area contributed by atoms with Gasteiger partial charge in [0, 0.05) is 7.05 Å². The quantitative estimate of drug-likeness (QED) is 0.516. The first kappa shape index (κ1) is 6.05. The van der Waals surface area contributed by atoms with Crippen LogP contribution in [0.2, 0.25) is 0 Å². The zero-order valence-electron chi connectivity index (χ0n) is 5.55. The van der Waals surface area contributed by atoms with Gasteiger partial charge in [0.05, 0.1) is 0 Å². The van der Waals surface area contributed by atoms with Crippen LogP contribution in [0.3, 0.4) is 0 Å². The van der Waals surface area contributed by atoms with Gasteiger partial charge in [-0.25, -0.2) is 0 Å². The maximum atomic E-state index is 5.05. The Bertz CT molecular complexity index is 74.9. The standard InChI is InChI=1S/C6H13NO/c1-3-4-5-6-7(2)8-6/h6H,3-5H2,1-2H3. The summed E-state index contributed by atoms with van der Waals surface area (Å²) in [5.41, 5.74) is 0. The fourth-order valence-electron chi connectivity index (χ4n) is 0.778. The summed E-state index contributed by atoms with van der Waals surface area (Å²) in [5, 5.41) is 1.90.